The first-order valence-corrected chi connectivity index (χ1v) is 2.61. The zero-order chi connectivity index (χ0) is 5.98. The van der Waals surface area contributed by atoms with Gasteiger partial charge in [-0.05, 0) is 11.6 Å². The molecule has 0 unspecified atom stereocenters. The normalized spacial score (nSPS) is 9.12. The minimum Gasteiger partial charge on any atom is -0.227 e. The van der Waals surface area contributed by atoms with Crippen LogP contribution in [0, 0.1) is 0 Å². The molecule has 40 valence electrons. The van der Waals surface area contributed by atoms with E-state index in [0.29, 0.717) is 5.28 Å². The van der Waals surface area contributed by atoms with E-state index in [1.165, 1.54) is 0 Å². The molecule has 0 aliphatic heterocycles. The summed E-state index contributed by atoms with van der Waals surface area (Å²) in [6.45, 7) is 0. The summed E-state index contributed by atoms with van der Waals surface area (Å²) in [6, 6.07) is 0. The lowest BCUT2D eigenvalue weighted by molar-refractivity contribution is 1.19. The molecule has 0 fully saturated rings. The molecule has 8 heavy (non-hydrogen) atoms. The summed E-state index contributed by atoms with van der Waals surface area (Å²) >= 11 is 5.39. The van der Waals surface area contributed by atoms with Crippen molar-refractivity contribution in [3.05, 3.63) is 17.7 Å². The van der Waals surface area contributed by atoms with E-state index in [4.69, 9.17) is 11.6 Å². The highest BCUT2D eigenvalue weighted by Crippen LogP contribution is 1.90. The van der Waals surface area contributed by atoms with Crippen LogP contribution in [0.1, 0.15) is 0 Å². The van der Waals surface area contributed by atoms with E-state index in [9.17, 15) is 0 Å². The van der Waals surface area contributed by atoms with Crippen LogP contribution in [0.2, 0.25) is 5.28 Å². The molecule has 0 N–H and O–H groups in total. The molecular formula is C4H4BClN2. The average molecular weight is 126 g/mol. The van der Waals surface area contributed by atoms with Gasteiger partial charge < -0.3 is 0 Å². The molecule has 0 aliphatic rings. The first-order valence-electron chi connectivity index (χ1n) is 2.23. The van der Waals surface area contributed by atoms with Crippen molar-refractivity contribution in [3.8, 4) is 0 Å². The van der Waals surface area contributed by atoms with Crippen LogP contribution < -0.4 is 5.46 Å². The van der Waals surface area contributed by atoms with E-state index >= 15 is 0 Å². The van der Waals surface area contributed by atoms with Crippen molar-refractivity contribution in [3.63, 3.8) is 0 Å². The molecule has 2 nitrogen and oxygen atoms in total. The van der Waals surface area contributed by atoms with Gasteiger partial charge in [-0.1, -0.05) is 5.46 Å². The third kappa shape index (κ3) is 1.20. The number of hydrogen-bond acceptors (Lipinski definition) is 2. The SMILES string of the molecule is Bc1cnc(Cl)nc1. The third-order valence-corrected chi connectivity index (χ3v) is 0.945. The fourth-order valence-electron chi connectivity index (χ4n) is 0.377. The van der Waals surface area contributed by atoms with Gasteiger partial charge in [0.2, 0.25) is 5.28 Å². The highest BCUT2D eigenvalue weighted by Gasteiger charge is 1.84. The monoisotopic (exact) mass is 126 g/mol. The van der Waals surface area contributed by atoms with Gasteiger partial charge in [-0.25, -0.2) is 9.97 Å². The summed E-state index contributed by atoms with van der Waals surface area (Å²) < 4.78 is 0. The molecule has 4 heteroatoms. The van der Waals surface area contributed by atoms with Crippen molar-refractivity contribution < 1.29 is 0 Å². The van der Waals surface area contributed by atoms with Crippen LogP contribution in [0.5, 0.6) is 0 Å². The molecule has 1 heterocycles. The smallest absolute Gasteiger partial charge is 0.222 e. The predicted molar refractivity (Wildman–Crippen MR) is 35.2 cm³/mol. The summed E-state index contributed by atoms with van der Waals surface area (Å²) in [6.07, 6.45) is 3.35. The van der Waals surface area contributed by atoms with E-state index in [0.717, 1.165) is 5.46 Å². The quantitative estimate of drug-likeness (QED) is 0.342. The molecule has 0 radical (unpaired) electrons. The van der Waals surface area contributed by atoms with Crippen LogP contribution in [0.25, 0.3) is 0 Å². The number of nitrogens with zero attached hydrogens (tertiary/aromatic N) is 2. The maximum Gasteiger partial charge on any atom is 0.222 e. The van der Waals surface area contributed by atoms with Crippen LogP contribution in [-0.4, -0.2) is 17.8 Å². The average Bonchev–Trinajstić information content (AvgIpc) is 1.77. The van der Waals surface area contributed by atoms with E-state index in [-0.39, 0.29) is 0 Å². The standard InChI is InChI=1S/C4H4BClN2/c5-3-1-7-4(6)8-2-3/h1-2H,5H2. The van der Waals surface area contributed by atoms with Crippen LogP contribution in [0.4, 0.5) is 0 Å². The van der Waals surface area contributed by atoms with E-state index in [1.54, 1.807) is 12.4 Å². The molecule has 0 atom stereocenters. The Morgan fingerprint density at radius 3 is 2.25 bits per heavy atom. The Kier molecular flexibility index (Phi) is 1.49. The Labute approximate surface area is 53.3 Å². The van der Waals surface area contributed by atoms with Gasteiger partial charge in [-0.15, -0.1) is 0 Å². The van der Waals surface area contributed by atoms with Crippen LogP contribution in [0.15, 0.2) is 12.4 Å². The van der Waals surface area contributed by atoms with Gasteiger partial charge in [0.05, 0.1) is 0 Å². The number of rotatable bonds is 0. The van der Waals surface area contributed by atoms with Crippen molar-refractivity contribution in [2.75, 3.05) is 0 Å². The number of halogens is 1. The first kappa shape index (κ1) is 5.57. The summed E-state index contributed by atoms with van der Waals surface area (Å²) in [5, 5.41) is 0.301. The van der Waals surface area contributed by atoms with Crippen molar-refractivity contribution in [2.24, 2.45) is 0 Å². The molecule has 1 aromatic rings. The third-order valence-electron chi connectivity index (χ3n) is 0.749. The Morgan fingerprint density at radius 2 is 1.88 bits per heavy atom. The van der Waals surface area contributed by atoms with Gasteiger partial charge in [0.25, 0.3) is 0 Å². The van der Waals surface area contributed by atoms with Crippen LogP contribution >= 0.6 is 11.6 Å². The molecule has 1 aromatic heterocycles. The van der Waals surface area contributed by atoms with Crippen molar-refractivity contribution >= 4 is 24.9 Å². The molecule has 0 aliphatic carbocycles. The fraction of sp³-hybridized carbons (Fsp3) is 0. The van der Waals surface area contributed by atoms with Gasteiger partial charge in [-0.2, -0.15) is 0 Å². The zero-order valence-corrected chi connectivity index (χ0v) is 5.18. The summed E-state index contributed by atoms with van der Waals surface area (Å²) in [7, 11) is 1.91. The second-order valence-corrected chi connectivity index (χ2v) is 1.87. The molecule has 0 bridgehead atoms. The van der Waals surface area contributed by atoms with Crippen LogP contribution in [0.3, 0.4) is 0 Å². The zero-order valence-electron chi connectivity index (χ0n) is 4.43. The lowest BCUT2D eigenvalue weighted by Gasteiger charge is -1.86. The highest BCUT2D eigenvalue weighted by molar-refractivity contribution is 6.32. The largest absolute Gasteiger partial charge is 0.227 e. The fourth-order valence-corrected chi connectivity index (χ4v) is 0.474. The first-order chi connectivity index (χ1) is 3.79. The molecule has 0 amide bonds. The number of aromatic nitrogens is 2. The van der Waals surface area contributed by atoms with Gasteiger partial charge in [0.1, 0.15) is 7.85 Å². The molecular weight excluding hydrogens is 122 g/mol. The van der Waals surface area contributed by atoms with Gasteiger partial charge >= 0.3 is 0 Å². The minimum atomic E-state index is 0.301. The maximum absolute atomic E-state index is 5.39. The predicted octanol–water partition coefficient (Wildman–Crippen LogP) is -0.612. The van der Waals surface area contributed by atoms with Gasteiger partial charge in [0.15, 0.2) is 0 Å². The topological polar surface area (TPSA) is 25.8 Å². The lowest BCUT2D eigenvalue weighted by atomic mass is 10.0. The lowest BCUT2D eigenvalue weighted by Crippen LogP contribution is -2.03. The maximum atomic E-state index is 5.39. The van der Waals surface area contributed by atoms with Gasteiger partial charge in [-0.3, -0.25) is 0 Å². The molecule has 0 saturated carbocycles. The number of hydrogen-bond donors (Lipinski definition) is 0. The van der Waals surface area contributed by atoms with Gasteiger partial charge in [0, 0.05) is 12.4 Å². The summed E-state index contributed by atoms with van der Waals surface area (Å²) in [4.78, 5) is 7.47. The molecule has 0 saturated heterocycles. The summed E-state index contributed by atoms with van der Waals surface area (Å²) in [5.74, 6) is 0. The Morgan fingerprint density at radius 1 is 1.38 bits per heavy atom. The second kappa shape index (κ2) is 2.14. The molecule has 1 rings (SSSR count). The van der Waals surface area contributed by atoms with E-state index in [2.05, 4.69) is 9.97 Å². The second-order valence-electron chi connectivity index (χ2n) is 1.53. The minimum absolute atomic E-state index is 0.301. The van der Waals surface area contributed by atoms with Crippen molar-refractivity contribution in [1.29, 1.82) is 0 Å². The molecule has 0 aromatic carbocycles. The molecule has 0 spiro atoms. The summed E-state index contributed by atoms with van der Waals surface area (Å²) in [5.41, 5.74) is 1.02. The highest BCUT2D eigenvalue weighted by atomic mass is 35.5. The van der Waals surface area contributed by atoms with Crippen LogP contribution in [-0.2, 0) is 0 Å². The Balaban J connectivity index is 3.03. The Bertz CT molecular complexity index is 153. The van der Waals surface area contributed by atoms with Crippen molar-refractivity contribution in [1.82, 2.24) is 9.97 Å². The van der Waals surface area contributed by atoms with Crippen molar-refractivity contribution in [2.45, 2.75) is 0 Å². The van der Waals surface area contributed by atoms with E-state index in [1.807, 2.05) is 7.85 Å². The Hall–Kier alpha value is -0.565. The van der Waals surface area contributed by atoms with E-state index < -0.39 is 0 Å².